The zero-order valence-electron chi connectivity index (χ0n) is 9.69. The third-order valence-electron chi connectivity index (χ3n) is 2.32. The van der Waals surface area contributed by atoms with Crippen molar-refractivity contribution in [2.75, 3.05) is 25.0 Å². The van der Waals surface area contributed by atoms with Crippen LogP contribution in [0, 0.1) is 13.8 Å². The van der Waals surface area contributed by atoms with Crippen LogP contribution < -0.4 is 10.6 Å². The fourth-order valence-electron chi connectivity index (χ4n) is 1.51. The predicted octanol–water partition coefficient (Wildman–Crippen LogP) is 0.630. The van der Waals surface area contributed by atoms with Gasteiger partial charge in [-0.25, -0.2) is 4.98 Å². The van der Waals surface area contributed by atoms with Gasteiger partial charge in [-0.1, -0.05) is 0 Å². The highest BCUT2D eigenvalue weighted by Crippen LogP contribution is 2.18. The van der Waals surface area contributed by atoms with Gasteiger partial charge in [0, 0.05) is 27.1 Å². The molecule has 2 rings (SSSR count). The van der Waals surface area contributed by atoms with E-state index in [1.165, 1.54) is 0 Å². The maximum Gasteiger partial charge on any atom is 0.227 e. The largest absolute Gasteiger partial charge is 0.437 e. The summed E-state index contributed by atoms with van der Waals surface area (Å²) < 4.78 is 5.41. The SMILES string of the molecule is Cc1nc2nc(N(C)CCN)nc(C)c2o1. The average molecular weight is 221 g/mol. The second-order valence-electron chi connectivity index (χ2n) is 3.70. The van der Waals surface area contributed by atoms with Gasteiger partial charge in [-0.15, -0.1) is 0 Å². The summed E-state index contributed by atoms with van der Waals surface area (Å²) in [5, 5.41) is 0. The van der Waals surface area contributed by atoms with E-state index < -0.39 is 0 Å². The van der Waals surface area contributed by atoms with Gasteiger partial charge < -0.3 is 15.1 Å². The molecule has 2 N–H and O–H groups in total. The Balaban J connectivity index is 2.48. The Morgan fingerprint density at radius 2 is 2.00 bits per heavy atom. The minimum Gasteiger partial charge on any atom is -0.437 e. The van der Waals surface area contributed by atoms with Gasteiger partial charge in [0.1, 0.15) is 0 Å². The van der Waals surface area contributed by atoms with Crippen LogP contribution in [0.3, 0.4) is 0 Å². The fourth-order valence-corrected chi connectivity index (χ4v) is 1.51. The molecule has 0 radical (unpaired) electrons. The molecule has 0 aliphatic heterocycles. The van der Waals surface area contributed by atoms with Gasteiger partial charge in [-0.2, -0.15) is 9.97 Å². The summed E-state index contributed by atoms with van der Waals surface area (Å²) in [5.41, 5.74) is 7.54. The molecule has 2 aromatic heterocycles. The van der Waals surface area contributed by atoms with Crippen molar-refractivity contribution >= 4 is 17.2 Å². The first kappa shape index (κ1) is 10.8. The van der Waals surface area contributed by atoms with Gasteiger partial charge in [-0.05, 0) is 6.92 Å². The quantitative estimate of drug-likeness (QED) is 0.818. The van der Waals surface area contributed by atoms with Crippen LogP contribution in [0.5, 0.6) is 0 Å². The molecule has 16 heavy (non-hydrogen) atoms. The minimum absolute atomic E-state index is 0.564. The van der Waals surface area contributed by atoms with Crippen molar-refractivity contribution in [3.05, 3.63) is 11.6 Å². The first-order valence-electron chi connectivity index (χ1n) is 5.15. The van der Waals surface area contributed by atoms with E-state index in [4.69, 9.17) is 10.2 Å². The van der Waals surface area contributed by atoms with E-state index >= 15 is 0 Å². The Morgan fingerprint density at radius 1 is 1.25 bits per heavy atom. The molecule has 0 fully saturated rings. The first-order valence-corrected chi connectivity index (χ1v) is 5.15. The van der Waals surface area contributed by atoms with Crippen LogP contribution in [-0.4, -0.2) is 35.1 Å². The second kappa shape index (κ2) is 4.05. The molecule has 0 aliphatic carbocycles. The third-order valence-corrected chi connectivity index (χ3v) is 2.32. The zero-order valence-corrected chi connectivity index (χ0v) is 9.69. The number of likely N-dealkylation sites (N-methyl/N-ethyl adjacent to an activating group) is 1. The molecule has 2 heterocycles. The van der Waals surface area contributed by atoms with Gasteiger partial charge in [0.15, 0.2) is 11.5 Å². The lowest BCUT2D eigenvalue weighted by Gasteiger charge is -2.15. The van der Waals surface area contributed by atoms with Crippen LogP contribution in [0.4, 0.5) is 5.95 Å². The van der Waals surface area contributed by atoms with Crippen molar-refractivity contribution in [2.45, 2.75) is 13.8 Å². The van der Waals surface area contributed by atoms with E-state index in [-0.39, 0.29) is 0 Å². The van der Waals surface area contributed by atoms with E-state index in [1.807, 2.05) is 18.9 Å². The molecule has 0 aliphatic rings. The standard InChI is InChI=1S/C10H15N5O/c1-6-8-9(13-7(2)16-8)14-10(12-6)15(3)5-4-11/h4-5,11H2,1-3H3. The lowest BCUT2D eigenvalue weighted by Crippen LogP contribution is -2.26. The molecular weight excluding hydrogens is 206 g/mol. The maximum atomic E-state index is 5.49. The molecule has 0 atom stereocenters. The molecule has 0 amide bonds. The van der Waals surface area contributed by atoms with E-state index in [2.05, 4.69) is 15.0 Å². The number of fused-ring (bicyclic) bond motifs is 1. The van der Waals surface area contributed by atoms with Gasteiger partial charge in [0.05, 0.1) is 5.69 Å². The van der Waals surface area contributed by atoms with E-state index in [1.54, 1.807) is 6.92 Å². The molecule has 0 unspecified atom stereocenters. The van der Waals surface area contributed by atoms with Gasteiger partial charge in [0.2, 0.25) is 11.6 Å². The van der Waals surface area contributed by atoms with Crippen molar-refractivity contribution in [2.24, 2.45) is 5.73 Å². The minimum atomic E-state index is 0.564. The smallest absolute Gasteiger partial charge is 0.227 e. The molecule has 0 bridgehead atoms. The molecule has 6 nitrogen and oxygen atoms in total. The number of hydrogen-bond donors (Lipinski definition) is 1. The number of nitrogens with zero attached hydrogens (tertiary/aromatic N) is 4. The lowest BCUT2D eigenvalue weighted by atomic mass is 10.4. The fraction of sp³-hybridized carbons (Fsp3) is 0.500. The van der Waals surface area contributed by atoms with Gasteiger partial charge in [-0.3, -0.25) is 0 Å². The number of rotatable bonds is 3. The summed E-state index contributed by atoms with van der Waals surface area (Å²) in [6.45, 7) is 4.95. The monoisotopic (exact) mass is 221 g/mol. The maximum absolute atomic E-state index is 5.49. The Labute approximate surface area is 93.5 Å². The third kappa shape index (κ3) is 1.83. The normalized spacial score (nSPS) is 11.0. The van der Waals surface area contributed by atoms with Crippen LogP contribution in [0.25, 0.3) is 11.2 Å². The Bertz CT molecular complexity index is 507. The molecule has 2 aromatic rings. The molecular formula is C10H15N5O. The number of hydrogen-bond acceptors (Lipinski definition) is 6. The summed E-state index contributed by atoms with van der Waals surface area (Å²) in [5.74, 6) is 1.23. The Hall–Kier alpha value is -1.69. The molecule has 0 saturated heterocycles. The number of aromatic nitrogens is 3. The van der Waals surface area contributed by atoms with E-state index in [0.29, 0.717) is 36.2 Å². The summed E-state index contributed by atoms with van der Waals surface area (Å²) in [7, 11) is 1.90. The number of oxazole rings is 1. The second-order valence-corrected chi connectivity index (χ2v) is 3.70. The molecule has 0 spiro atoms. The predicted molar refractivity (Wildman–Crippen MR) is 61.4 cm³/mol. The van der Waals surface area contributed by atoms with E-state index in [9.17, 15) is 0 Å². The molecule has 0 aromatic carbocycles. The zero-order chi connectivity index (χ0) is 11.7. The summed E-state index contributed by atoms with van der Waals surface area (Å²) in [6.07, 6.45) is 0. The first-order chi connectivity index (χ1) is 7.61. The van der Waals surface area contributed by atoms with Crippen molar-refractivity contribution < 1.29 is 4.42 Å². The highest BCUT2D eigenvalue weighted by Gasteiger charge is 2.12. The van der Waals surface area contributed by atoms with Crippen molar-refractivity contribution in [1.29, 1.82) is 0 Å². The van der Waals surface area contributed by atoms with Crippen LogP contribution in [0.15, 0.2) is 4.42 Å². The number of nitrogens with two attached hydrogens (primary N) is 1. The summed E-state index contributed by atoms with van der Waals surface area (Å²) >= 11 is 0. The Kier molecular flexibility index (Phi) is 2.74. The van der Waals surface area contributed by atoms with Gasteiger partial charge in [0.25, 0.3) is 0 Å². The lowest BCUT2D eigenvalue weighted by molar-refractivity contribution is 0.557. The van der Waals surface area contributed by atoms with Crippen LogP contribution in [0.2, 0.25) is 0 Å². The van der Waals surface area contributed by atoms with E-state index in [0.717, 1.165) is 5.69 Å². The van der Waals surface area contributed by atoms with Crippen LogP contribution in [-0.2, 0) is 0 Å². The highest BCUT2D eigenvalue weighted by molar-refractivity contribution is 5.71. The number of anilines is 1. The molecule has 0 saturated carbocycles. The average Bonchev–Trinajstić information content (AvgIpc) is 2.59. The number of aryl methyl sites for hydroxylation is 2. The highest BCUT2D eigenvalue weighted by atomic mass is 16.3. The van der Waals surface area contributed by atoms with Crippen molar-refractivity contribution in [3.8, 4) is 0 Å². The van der Waals surface area contributed by atoms with Crippen LogP contribution >= 0.6 is 0 Å². The summed E-state index contributed by atoms with van der Waals surface area (Å²) in [6, 6.07) is 0. The van der Waals surface area contributed by atoms with Gasteiger partial charge >= 0.3 is 0 Å². The molecule has 6 heteroatoms. The molecule has 86 valence electrons. The van der Waals surface area contributed by atoms with Crippen LogP contribution in [0.1, 0.15) is 11.6 Å². The summed E-state index contributed by atoms with van der Waals surface area (Å²) in [4.78, 5) is 14.8. The van der Waals surface area contributed by atoms with Crippen molar-refractivity contribution in [1.82, 2.24) is 15.0 Å². The van der Waals surface area contributed by atoms with Crippen molar-refractivity contribution in [3.63, 3.8) is 0 Å². The Morgan fingerprint density at radius 3 is 2.69 bits per heavy atom. The topological polar surface area (TPSA) is 81.1 Å².